The molecule has 0 aliphatic rings. The van der Waals surface area contributed by atoms with Crippen LogP contribution in [0.15, 0.2) is 63.9 Å². The van der Waals surface area contributed by atoms with Crippen molar-refractivity contribution in [3.05, 3.63) is 79.5 Å². The van der Waals surface area contributed by atoms with Crippen LogP contribution in [0, 0.1) is 0 Å². The van der Waals surface area contributed by atoms with Crippen molar-refractivity contribution in [2.45, 2.75) is 0 Å². The Morgan fingerprint density at radius 2 is 1.74 bits per heavy atom. The summed E-state index contributed by atoms with van der Waals surface area (Å²) in [7, 11) is 0. The van der Waals surface area contributed by atoms with E-state index in [1.165, 1.54) is 11.3 Å². The highest BCUT2D eigenvalue weighted by Crippen LogP contribution is 2.17. The van der Waals surface area contributed by atoms with Crippen LogP contribution in [0.25, 0.3) is 22.4 Å². The summed E-state index contributed by atoms with van der Waals surface area (Å²) in [6, 6.07) is 17.4. The number of hydrogen-bond donors (Lipinski definition) is 0. The molecule has 2 aromatic carbocycles. The molecule has 0 N–H and O–H groups in total. The number of aromatic nitrogens is 3. The zero-order chi connectivity index (χ0) is 15.8. The van der Waals surface area contributed by atoms with E-state index in [4.69, 9.17) is 0 Å². The van der Waals surface area contributed by atoms with Gasteiger partial charge in [0.15, 0.2) is 5.82 Å². The molecule has 0 saturated heterocycles. The van der Waals surface area contributed by atoms with Gasteiger partial charge in [-0.2, -0.15) is 0 Å². The molecule has 4 rings (SSSR count). The standard InChI is InChI=1S/C17H10BrN3OS/c18-13-8-6-11(7-9-13)10-14-16(22)21-15(19-20-17(21)23-14)12-4-2-1-3-5-12/h1-10H/b14-10-. The van der Waals surface area contributed by atoms with Crippen molar-refractivity contribution in [1.29, 1.82) is 0 Å². The highest BCUT2D eigenvalue weighted by atomic mass is 79.9. The van der Waals surface area contributed by atoms with Crippen molar-refractivity contribution in [2.75, 3.05) is 0 Å². The van der Waals surface area contributed by atoms with Gasteiger partial charge < -0.3 is 0 Å². The van der Waals surface area contributed by atoms with E-state index < -0.39 is 0 Å². The van der Waals surface area contributed by atoms with Crippen LogP contribution in [0.3, 0.4) is 0 Å². The van der Waals surface area contributed by atoms with Crippen LogP contribution in [0.4, 0.5) is 0 Å². The van der Waals surface area contributed by atoms with Gasteiger partial charge in [0.05, 0.1) is 4.53 Å². The minimum Gasteiger partial charge on any atom is -0.267 e. The van der Waals surface area contributed by atoms with Gasteiger partial charge >= 0.3 is 0 Å². The van der Waals surface area contributed by atoms with Crippen molar-refractivity contribution >= 4 is 38.3 Å². The SMILES string of the molecule is O=c1/c(=C/c2ccc(Br)cc2)sc2nnc(-c3ccccc3)n12. The van der Waals surface area contributed by atoms with Gasteiger partial charge in [-0.05, 0) is 23.8 Å². The molecule has 112 valence electrons. The fraction of sp³-hybridized carbons (Fsp3) is 0. The average Bonchev–Trinajstić information content (AvgIpc) is 3.12. The minimum absolute atomic E-state index is 0.0863. The molecule has 23 heavy (non-hydrogen) atoms. The maximum absolute atomic E-state index is 12.7. The molecule has 4 nitrogen and oxygen atoms in total. The lowest BCUT2D eigenvalue weighted by Crippen LogP contribution is -2.23. The molecule has 2 aromatic heterocycles. The van der Waals surface area contributed by atoms with Gasteiger partial charge in [-0.1, -0.05) is 69.7 Å². The van der Waals surface area contributed by atoms with E-state index in [0.717, 1.165) is 15.6 Å². The summed E-state index contributed by atoms with van der Waals surface area (Å²) in [4.78, 5) is 13.3. The van der Waals surface area contributed by atoms with Gasteiger partial charge in [-0.25, -0.2) is 4.40 Å². The smallest absolute Gasteiger partial charge is 0.267 e. The van der Waals surface area contributed by atoms with Crippen LogP contribution in [0.1, 0.15) is 5.56 Å². The third-order valence-corrected chi connectivity index (χ3v) is 4.94. The summed E-state index contributed by atoms with van der Waals surface area (Å²) in [5.41, 5.74) is 1.77. The maximum atomic E-state index is 12.7. The zero-order valence-corrected chi connectivity index (χ0v) is 14.2. The second kappa shape index (κ2) is 5.72. The van der Waals surface area contributed by atoms with Gasteiger partial charge in [0.2, 0.25) is 4.96 Å². The van der Waals surface area contributed by atoms with Crippen molar-refractivity contribution < 1.29 is 0 Å². The van der Waals surface area contributed by atoms with E-state index in [-0.39, 0.29) is 5.56 Å². The van der Waals surface area contributed by atoms with Gasteiger partial charge in [-0.3, -0.25) is 4.79 Å². The highest BCUT2D eigenvalue weighted by molar-refractivity contribution is 9.10. The largest absolute Gasteiger partial charge is 0.276 e. The summed E-state index contributed by atoms with van der Waals surface area (Å²) in [5.74, 6) is 0.581. The van der Waals surface area contributed by atoms with E-state index in [2.05, 4.69) is 26.1 Å². The van der Waals surface area contributed by atoms with E-state index >= 15 is 0 Å². The highest BCUT2D eigenvalue weighted by Gasteiger charge is 2.13. The first-order valence-electron chi connectivity index (χ1n) is 6.93. The normalized spacial score (nSPS) is 12.1. The first-order valence-corrected chi connectivity index (χ1v) is 8.54. The molecule has 0 saturated carbocycles. The summed E-state index contributed by atoms with van der Waals surface area (Å²) in [6.07, 6.45) is 1.88. The second-order valence-corrected chi connectivity index (χ2v) is 6.90. The molecule has 0 aliphatic heterocycles. The number of rotatable bonds is 2. The van der Waals surface area contributed by atoms with Gasteiger partial charge in [0, 0.05) is 10.0 Å². The Morgan fingerprint density at radius 3 is 2.48 bits per heavy atom. The molecule has 0 bridgehead atoms. The molecule has 0 aliphatic carbocycles. The Hall–Kier alpha value is -2.31. The second-order valence-electron chi connectivity index (χ2n) is 4.97. The number of hydrogen-bond acceptors (Lipinski definition) is 4. The molecule has 0 atom stereocenters. The lowest BCUT2D eigenvalue weighted by atomic mass is 10.2. The molecule has 0 spiro atoms. The van der Waals surface area contributed by atoms with Crippen molar-refractivity contribution in [3.63, 3.8) is 0 Å². The number of halogens is 1. The first kappa shape index (κ1) is 14.3. The van der Waals surface area contributed by atoms with E-state index in [0.29, 0.717) is 15.3 Å². The fourth-order valence-corrected chi connectivity index (χ4v) is 3.52. The summed E-state index contributed by atoms with van der Waals surface area (Å²) >= 11 is 4.76. The number of benzene rings is 2. The zero-order valence-electron chi connectivity index (χ0n) is 11.8. The Morgan fingerprint density at radius 1 is 1.00 bits per heavy atom. The van der Waals surface area contributed by atoms with Crippen LogP contribution in [-0.4, -0.2) is 14.6 Å². The Labute approximate surface area is 143 Å². The molecule has 0 amide bonds. The number of fused-ring (bicyclic) bond motifs is 1. The lowest BCUT2D eigenvalue weighted by Gasteiger charge is -1.95. The molecule has 0 unspecified atom stereocenters. The molecule has 4 aromatic rings. The minimum atomic E-state index is -0.0863. The van der Waals surface area contributed by atoms with Crippen molar-refractivity contribution in [1.82, 2.24) is 14.6 Å². The van der Waals surface area contributed by atoms with Crippen LogP contribution in [0.2, 0.25) is 0 Å². The first-order chi connectivity index (χ1) is 11.2. The Bertz CT molecular complexity index is 1080. The lowest BCUT2D eigenvalue weighted by molar-refractivity contribution is 1.09. The molecular formula is C17H10BrN3OS. The van der Waals surface area contributed by atoms with Crippen LogP contribution >= 0.6 is 27.3 Å². The van der Waals surface area contributed by atoms with Gasteiger partial charge in [-0.15, -0.1) is 10.2 Å². The summed E-state index contributed by atoms with van der Waals surface area (Å²) < 4.78 is 3.23. The van der Waals surface area contributed by atoms with Gasteiger partial charge in [0.1, 0.15) is 0 Å². The van der Waals surface area contributed by atoms with Crippen LogP contribution in [-0.2, 0) is 0 Å². The van der Waals surface area contributed by atoms with Crippen LogP contribution < -0.4 is 10.1 Å². The molecular weight excluding hydrogens is 374 g/mol. The number of thiazole rings is 1. The summed E-state index contributed by atoms with van der Waals surface area (Å²) in [6.45, 7) is 0. The van der Waals surface area contributed by atoms with Crippen molar-refractivity contribution in [3.8, 4) is 11.4 Å². The van der Waals surface area contributed by atoms with Crippen LogP contribution in [0.5, 0.6) is 0 Å². The number of nitrogens with zero attached hydrogens (tertiary/aromatic N) is 3. The quantitative estimate of drug-likeness (QED) is 0.534. The molecule has 2 heterocycles. The third kappa shape index (κ3) is 2.60. The fourth-order valence-electron chi connectivity index (χ4n) is 2.35. The molecule has 0 radical (unpaired) electrons. The topological polar surface area (TPSA) is 47.3 Å². The predicted octanol–water partition coefficient (Wildman–Crippen LogP) is 3.13. The van der Waals surface area contributed by atoms with Crippen molar-refractivity contribution in [2.24, 2.45) is 0 Å². The maximum Gasteiger partial charge on any atom is 0.276 e. The van der Waals surface area contributed by atoms with Gasteiger partial charge in [0.25, 0.3) is 5.56 Å². The van der Waals surface area contributed by atoms with E-state index in [1.807, 2.05) is 60.7 Å². The third-order valence-electron chi connectivity index (χ3n) is 3.45. The van der Waals surface area contributed by atoms with E-state index in [9.17, 15) is 4.79 Å². The summed E-state index contributed by atoms with van der Waals surface area (Å²) in [5, 5.41) is 8.29. The molecule has 6 heteroatoms. The Kier molecular flexibility index (Phi) is 3.55. The average molecular weight is 384 g/mol. The Balaban J connectivity index is 1.91. The monoisotopic (exact) mass is 383 g/mol. The molecule has 0 fully saturated rings. The predicted molar refractivity (Wildman–Crippen MR) is 95.5 cm³/mol. The van der Waals surface area contributed by atoms with E-state index in [1.54, 1.807) is 4.40 Å².